The molecule has 0 heterocycles. The van der Waals surface area contributed by atoms with Gasteiger partial charge in [-0.05, 0) is 29.8 Å². The van der Waals surface area contributed by atoms with Crippen LogP contribution in [-0.4, -0.2) is 41.6 Å². The van der Waals surface area contributed by atoms with Gasteiger partial charge in [-0.15, -0.1) is 0 Å². The summed E-state index contributed by atoms with van der Waals surface area (Å²) in [6.45, 7) is 0.299. The fourth-order valence-corrected chi connectivity index (χ4v) is 3.36. The van der Waals surface area contributed by atoms with E-state index in [4.69, 9.17) is 9.47 Å². The fraction of sp³-hybridized carbons (Fsp3) is 0.278. The minimum absolute atomic E-state index is 0.106. The highest BCUT2D eigenvalue weighted by Gasteiger charge is 2.12. The van der Waals surface area contributed by atoms with Crippen LogP contribution in [0.15, 0.2) is 53.4 Å². The summed E-state index contributed by atoms with van der Waals surface area (Å²) < 4.78 is 36.9. The molecular formula is C18H22N2O5S. The van der Waals surface area contributed by atoms with Crippen LogP contribution < -0.4 is 19.5 Å². The Morgan fingerprint density at radius 3 is 2.31 bits per heavy atom. The molecule has 0 aliphatic carbocycles. The van der Waals surface area contributed by atoms with Crippen LogP contribution in [0, 0.1) is 0 Å². The van der Waals surface area contributed by atoms with Gasteiger partial charge in [0.1, 0.15) is 0 Å². The average molecular weight is 378 g/mol. The first kappa shape index (κ1) is 19.7. The topological polar surface area (TPSA) is 93.7 Å². The van der Waals surface area contributed by atoms with Crippen molar-refractivity contribution in [3.63, 3.8) is 0 Å². The van der Waals surface area contributed by atoms with Crippen molar-refractivity contribution in [3.05, 3.63) is 54.1 Å². The first-order valence-electron chi connectivity index (χ1n) is 7.98. The molecule has 0 aliphatic rings. The Balaban J connectivity index is 1.81. The molecule has 0 spiro atoms. The fourth-order valence-electron chi connectivity index (χ4n) is 2.31. The molecule has 0 unspecified atom stereocenters. The third-order valence-corrected chi connectivity index (χ3v) is 5.08. The van der Waals surface area contributed by atoms with E-state index in [1.54, 1.807) is 43.5 Å². The summed E-state index contributed by atoms with van der Waals surface area (Å²) in [5.74, 6) is 0.927. The molecule has 2 rings (SSSR count). The number of rotatable bonds is 9. The van der Waals surface area contributed by atoms with Crippen molar-refractivity contribution in [2.24, 2.45) is 0 Å². The van der Waals surface area contributed by atoms with Crippen LogP contribution in [0.1, 0.15) is 5.56 Å². The van der Waals surface area contributed by atoms with E-state index in [0.29, 0.717) is 11.5 Å². The first-order chi connectivity index (χ1) is 12.5. The number of hydrogen-bond acceptors (Lipinski definition) is 5. The van der Waals surface area contributed by atoms with Gasteiger partial charge in [-0.25, -0.2) is 13.1 Å². The third kappa shape index (κ3) is 5.47. The second-order valence-corrected chi connectivity index (χ2v) is 7.19. The zero-order valence-corrected chi connectivity index (χ0v) is 15.5. The van der Waals surface area contributed by atoms with Crippen molar-refractivity contribution < 1.29 is 22.7 Å². The molecule has 8 heteroatoms. The maximum absolute atomic E-state index is 12.0. The van der Waals surface area contributed by atoms with Crippen molar-refractivity contribution in [3.8, 4) is 11.5 Å². The van der Waals surface area contributed by atoms with Crippen LogP contribution in [0.4, 0.5) is 0 Å². The number of carbonyl (C=O) groups is 1. The van der Waals surface area contributed by atoms with Crippen LogP contribution in [-0.2, 0) is 21.2 Å². The number of sulfonamides is 1. The van der Waals surface area contributed by atoms with E-state index >= 15 is 0 Å². The summed E-state index contributed by atoms with van der Waals surface area (Å²) in [4.78, 5) is 12.2. The molecule has 0 saturated carbocycles. The van der Waals surface area contributed by atoms with E-state index in [9.17, 15) is 13.2 Å². The van der Waals surface area contributed by atoms with Gasteiger partial charge in [0.2, 0.25) is 15.9 Å². The zero-order chi connectivity index (χ0) is 19.0. The maximum atomic E-state index is 12.0. The molecule has 1 amide bonds. The van der Waals surface area contributed by atoms with Crippen molar-refractivity contribution in [1.82, 2.24) is 10.0 Å². The minimum atomic E-state index is -3.57. The second-order valence-electron chi connectivity index (χ2n) is 5.43. The van der Waals surface area contributed by atoms with Gasteiger partial charge in [-0.1, -0.05) is 24.3 Å². The first-order valence-corrected chi connectivity index (χ1v) is 9.47. The van der Waals surface area contributed by atoms with Crippen LogP contribution in [0.25, 0.3) is 0 Å². The highest BCUT2D eigenvalue weighted by molar-refractivity contribution is 7.89. The highest BCUT2D eigenvalue weighted by Crippen LogP contribution is 2.27. The highest BCUT2D eigenvalue weighted by atomic mass is 32.2. The van der Waals surface area contributed by atoms with Gasteiger partial charge in [0, 0.05) is 13.1 Å². The maximum Gasteiger partial charge on any atom is 0.240 e. The third-order valence-electron chi connectivity index (χ3n) is 3.61. The van der Waals surface area contributed by atoms with E-state index in [0.717, 1.165) is 5.56 Å². The number of ether oxygens (including phenoxy) is 2. The molecule has 2 aromatic carbocycles. The summed E-state index contributed by atoms with van der Waals surface area (Å²) in [6, 6.07) is 13.3. The second kappa shape index (κ2) is 9.21. The summed E-state index contributed by atoms with van der Waals surface area (Å²) in [7, 11) is -0.495. The number of hydrogen-bond donors (Lipinski definition) is 2. The lowest BCUT2D eigenvalue weighted by atomic mass is 10.1. The standard InChI is InChI=1S/C18H22N2O5S/c1-24-16-9-8-14(12-17(16)25-2)13-18(21)19-10-11-20-26(22,23)15-6-4-3-5-7-15/h3-9,12,20H,10-11,13H2,1-2H3,(H,19,21). The molecule has 0 aromatic heterocycles. The molecule has 0 bridgehead atoms. The van der Waals surface area contributed by atoms with Gasteiger partial charge in [0.25, 0.3) is 0 Å². The predicted octanol–water partition coefficient (Wildman–Crippen LogP) is 1.34. The minimum Gasteiger partial charge on any atom is -0.493 e. The number of methoxy groups -OCH3 is 2. The van der Waals surface area contributed by atoms with E-state index in [2.05, 4.69) is 10.0 Å². The van der Waals surface area contributed by atoms with Crippen LogP contribution in [0.5, 0.6) is 11.5 Å². The summed E-state index contributed by atoms with van der Waals surface area (Å²) in [5.41, 5.74) is 0.769. The summed E-state index contributed by atoms with van der Waals surface area (Å²) >= 11 is 0. The van der Waals surface area contributed by atoms with Crippen molar-refractivity contribution >= 4 is 15.9 Å². The van der Waals surface area contributed by atoms with Gasteiger partial charge in [0.05, 0.1) is 25.5 Å². The Morgan fingerprint density at radius 1 is 0.962 bits per heavy atom. The average Bonchev–Trinajstić information content (AvgIpc) is 2.66. The van der Waals surface area contributed by atoms with Crippen LogP contribution in [0.3, 0.4) is 0 Å². The van der Waals surface area contributed by atoms with E-state index in [1.807, 2.05) is 0 Å². The quantitative estimate of drug-likeness (QED) is 0.642. The lowest BCUT2D eigenvalue weighted by Crippen LogP contribution is -2.35. The number of amides is 1. The zero-order valence-electron chi connectivity index (χ0n) is 14.7. The molecule has 0 atom stereocenters. The van der Waals surface area contributed by atoms with Gasteiger partial charge in [-0.3, -0.25) is 4.79 Å². The summed E-state index contributed by atoms with van der Waals surface area (Å²) in [6.07, 6.45) is 0.159. The molecule has 0 saturated heterocycles. The smallest absolute Gasteiger partial charge is 0.240 e. The molecule has 0 radical (unpaired) electrons. The van der Waals surface area contributed by atoms with Crippen molar-refractivity contribution in [2.75, 3.05) is 27.3 Å². The SMILES string of the molecule is COc1ccc(CC(=O)NCCNS(=O)(=O)c2ccccc2)cc1OC. The molecule has 2 aromatic rings. The largest absolute Gasteiger partial charge is 0.493 e. The molecule has 26 heavy (non-hydrogen) atoms. The van der Waals surface area contributed by atoms with Crippen molar-refractivity contribution in [1.29, 1.82) is 0 Å². The Bertz CT molecular complexity index is 838. The van der Waals surface area contributed by atoms with Crippen molar-refractivity contribution in [2.45, 2.75) is 11.3 Å². The van der Waals surface area contributed by atoms with Gasteiger partial charge < -0.3 is 14.8 Å². The number of benzene rings is 2. The Kier molecular flexibility index (Phi) is 6.99. The monoisotopic (exact) mass is 378 g/mol. The Labute approximate surface area is 153 Å². The van der Waals surface area contributed by atoms with Gasteiger partial charge >= 0.3 is 0 Å². The van der Waals surface area contributed by atoms with E-state index in [1.165, 1.54) is 19.2 Å². The Hall–Kier alpha value is -2.58. The van der Waals surface area contributed by atoms with Gasteiger partial charge in [-0.2, -0.15) is 0 Å². The molecule has 140 valence electrons. The molecular weight excluding hydrogens is 356 g/mol. The number of nitrogens with one attached hydrogen (secondary N) is 2. The molecule has 0 aliphatic heterocycles. The lowest BCUT2D eigenvalue weighted by Gasteiger charge is -2.10. The molecule has 7 nitrogen and oxygen atoms in total. The lowest BCUT2D eigenvalue weighted by molar-refractivity contribution is -0.120. The normalized spacial score (nSPS) is 11.0. The van der Waals surface area contributed by atoms with Crippen LogP contribution in [0.2, 0.25) is 0 Å². The number of carbonyl (C=O) groups excluding carboxylic acids is 1. The predicted molar refractivity (Wildman–Crippen MR) is 97.9 cm³/mol. The van der Waals surface area contributed by atoms with Gasteiger partial charge in [0.15, 0.2) is 11.5 Å². The Morgan fingerprint density at radius 2 is 1.65 bits per heavy atom. The summed E-state index contributed by atoms with van der Waals surface area (Å²) in [5, 5.41) is 2.68. The van der Waals surface area contributed by atoms with E-state index < -0.39 is 10.0 Å². The molecule has 2 N–H and O–H groups in total. The molecule has 0 fully saturated rings. The van der Waals surface area contributed by atoms with E-state index in [-0.39, 0.29) is 30.3 Å². The van der Waals surface area contributed by atoms with Crippen LogP contribution >= 0.6 is 0 Å².